The fourth-order valence-electron chi connectivity index (χ4n) is 2.25. The molecule has 0 aliphatic carbocycles. The van der Waals surface area contributed by atoms with Crippen molar-refractivity contribution in [2.45, 2.75) is 6.42 Å². The number of aromatic nitrogens is 2. The summed E-state index contributed by atoms with van der Waals surface area (Å²) in [7, 11) is 1.81. The lowest BCUT2D eigenvalue weighted by Crippen LogP contribution is -2.35. The van der Waals surface area contributed by atoms with Gasteiger partial charge >= 0.3 is 0 Å². The standard InChI is InChI=1S/C12H20N4O2/c1-14-10-11(9-13-14)12(18)16-4-2-3-15(5-6-16)7-8-17/h9-10,17H,2-8H2,1H3. The van der Waals surface area contributed by atoms with E-state index in [0.29, 0.717) is 18.7 Å². The molecular formula is C12H20N4O2. The summed E-state index contributed by atoms with van der Waals surface area (Å²) < 4.78 is 1.64. The lowest BCUT2D eigenvalue weighted by Gasteiger charge is -2.20. The van der Waals surface area contributed by atoms with Gasteiger partial charge in [0.05, 0.1) is 18.4 Å². The van der Waals surface area contributed by atoms with Crippen molar-refractivity contribution in [2.75, 3.05) is 39.3 Å². The molecule has 1 aromatic rings. The molecule has 1 amide bonds. The van der Waals surface area contributed by atoms with Crippen LogP contribution in [0.1, 0.15) is 16.8 Å². The molecule has 6 heteroatoms. The van der Waals surface area contributed by atoms with Crippen molar-refractivity contribution in [3.63, 3.8) is 0 Å². The Bertz CT molecular complexity index is 405. The van der Waals surface area contributed by atoms with E-state index in [9.17, 15) is 4.79 Å². The summed E-state index contributed by atoms with van der Waals surface area (Å²) in [6.45, 7) is 4.12. The first-order valence-electron chi connectivity index (χ1n) is 6.32. The van der Waals surface area contributed by atoms with Crippen molar-refractivity contribution < 1.29 is 9.90 Å². The zero-order valence-corrected chi connectivity index (χ0v) is 10.7. The van der Waals surface area contributed by atoms with Gasteiger partial charge in [0.25, 0.3) is 5.91 Å². The molecule has 2 rings (SSSR count). The van der Waals surface area contributed by atoms with E-state index in [4.69, 9.17) is 5.11 Å². The summed E-state index contributed by atoms with van der Waals surface area (Å²) >= 11 is 0. The Morgan fingerprint density at radius 3 is 2.89 bits per heavy atom. The van der Waals surface area contributed by atoms with Gasteiger partial charge < -0.3 is 10.0 Å². The summed E-state index contributed by atoms with van der Waals surface area (Å²) in [5.41, 5.74) is 0.646. The first-order valence-corrected chi connectivity index (χ1v) is 6.32. The highest BCUT2D eigenvalue weighted by molar-refractivity contribution is 5.93. The zero-order chi connectivity index (χ0) is 13.0. The normalized spacial score (nSPS) is 17.8. The van der Waals surface area contributed by atoms with E-state index in [0.717, 1.165) is 26.1 Å². The van der Waals surface area contributed by atoms with Crippen LogP contribution >= 0.6 is 0 Å². The first kappa shape index (κ1) is 13.0. The number of aryl methyl sites for hydroxylation is 1. The maximum absolute atomic E-state index is 12.2. The second kappa shape index (κ2) is 5.97. The van der Waals surface area contributed by atoms with E-state index in [1.54, 1.807) is 17.1 Å². The summed E-state index contributed by atoms with van der Waals surface area (Å²) in [6, 6.07) is 0. The highest BCUT2D eigenvalue weighted by atomic mass is 16.3. The molecule has 0 spiro atoms. The molecule has 0 aromatic carbocycles. The van der Waals surface area contributed by atoms with Crippen LogP contribution in [0.5, 0.6) is 0 Å². The van der Waals surface area contributed by atoms with Gasteiger partial charge in [0.2, 0.25) is 0 Å². The molecule has 0 atom stereocenters. The van der Waals surface area contributed by atoms with E-state index < -0.39 is 0 Å². The van der Waals surface area contributed by atoms with Crippen LogP contribution in [-0.2, 0) is 7.05 Å². The van der Waals surface area contributed by atoms with Gasteiger partial charge in [-0.15, -0.1) is 0 Å². The summed E-state index contributed by atoms with van der Waals surface area (Å²) in [4.78, 5) is 16.3. The molecule has 0 saturated carbocycles. The van der Waals surface area contributed by atoms with Crippen LogP contribution < -0.4 is 0 Å². The first-order chi connectivity index (χ1) is 8.70. The van der Waals surface area contributed by atoms with Crippen LogP contribution in [0.25, 0.3) is 0 Å². The number of carbonyl (C=O) groups excluding carboxylic acids is 1. The van der Waals surface area contributed by atoms with Gasteiger partial charge in [0, 0.05) is 39.4 Å². The van der Waals surface area contributed by atoms with Crippen LogP contribution in [-0.4, -0.2) is 69.9 Å². The van der Waals surface area contributed by atoms with Crippen LogP contribution in [0.15, 0.2) is 12.4 Å². The van der Waals surface area contributed by atoms with Gasteiger partial charge in [0.1, 0.15) is 0 Å². The van der Waals surface area contributed by atoms with Gasteiger partial charge in [-0.3, -0.25) is 14.4 Å². The Morgan fingerprint density at radius 2 is 2.22 bits per heavy atom. The molecule has 0 unspecified atom stereocenters. The SMILES string of the molecule is Cn1cc(C(=O)N2CCCN(CCO)CC2)cn1. The van der Waals surface area contributed by atoms with Crippen molar-refractivity contribution >= 4 is 5.91 Å². The van der Waals surface area contributed by atoms with Crippen LogP contribution in [0.3, 0.4) is 0 Å². The third kappa shape index (κ3) is 3.08. The van der Waals surface area contributed by atoms with Gasteiger partial charge in [-0.1, -0.05) is 0 Å². The molecule has 100 valence electrons. The molecule has 2 heterocycles. The zero-order valence-electron chi connectivity index (χ0n) is 10.7. The molecule has 1 aliphatic rings. The van der Waals surface area contributed by atoms with Crippen molar-refractivity contribution in [1.82, 2.24) is 19.6 Å². The maximum Gasteiger partial charge on any atom is 0.257 e. The van der Waals surface area contributed by atoms with Gasteiger partial charge in [-0.05, 0) is 13.0 Å². The number of rotatable bonds is 3. The van der Waals surface area contributed by atoms with Gasteiger partial charge in [-0.25, -0.2) is 0 Å². The Morgan fingerprint density at radius 1 is 1.39 bits per heavy atom. The number of hydrogen-bond donors (Lipinski definition) is 1. The van der Waals surface area contributed by atoms with E-state index in [1.807, 2.05) is 11.9 Å². The molecular weight excluding hydrogens is 232 g/mol. The fourth-order valence-corrected chi connectivity index (χ4v) is 2.25. The Labute approximate surface area is 107 Å². The third-order valence-corrected chi connectivity index (χ3v) is 3.24. The molecule has 1 aliphatic heterocycles. The van der Waals surface area contributed by atoms with Crippen LogP contribution in [0.2, 0.25) is 0 Å². The minimum atomic E-state index is 0.0500. The largest absolute Gasteiger partial charge is 0.395 e. The van der Waals surface area contributed by atoms with E-state index in [1.165, 1.54) is 0 Å². The van der Waals surface area contributed by atoms with E-state index >= 15 is 0 Å². The van der Waals surface area contributed by atoms with Crippen molar-refractivity contribution in [1.29, 1.82) is 0 Å². The van der Waals surface area contributed by atoms with E-state index in [-0.39, 0.29) is 12.5 Å². The van der Waals surface area contributed by atoms with Crippen molar-refractivity contribution in [2.24, 2.45) is 7.05 Å². The molecule has 1 fully saturated rings. The summed E-state index contributed by atoms with van der Waals surface area (Å²) in [6.07, 6.45) is 4.31. The lowest BCUT2D eigenvalue weighted by molar-refractivity contribution is 0.0760. The van der Waals surface area contributed by atoms with Crippen LogP contribution in [0, 0.1) is 0 Å². The predicted octanol–water partition coefficient (Wildman–Crippen LogP) is -0.440. The number of carbonyl (C=O) groups is 1. The predicted molar refractivity (Wildman–Crippen MR) is 67.3 cm³/mol. The fraction of sp³-hybridized carbons (Fsp3) is 0.667. The average molecular weight is 252 g/mol. The average Bonchev–Trinajstić information content (AvgIpc) is 2.65. The Kier molecular flexibility index (Phi) is 4.33. The quantitative estimate of drug-likeness (QED) is 0.792. The van der Waals surface area contributed by atoms with Crippen molar-refractivity contribution in [3.05, 3.63) is 18.0 Å². The molecule has 1 saturated heterocycles. The number of nitrogens with zero attached hydrogens (tertiary/aromatic N) is 4. The van der Waals surface area contributed by atoms with Crippen LogP contribution in [0.4, 0.5) is 0 Å². The molecule has 1 aromatic heterocycles. The molecule has 0 radical (unpaired) electrons. The maximum atomic E-state index is 12.2. The number of hydrogen-bond acceptors (Lipinski definition) is 4. The third-order valence-electron chi connectivity index (χ3n) is 3.24. The molecule has 6 nitrogen and oxygen atoms in total. The topological polar surface area (TPSA) is 61.6 Å². The Balaban J connectivity index is 1.95. The Hall–Kier alpha value is -1.40. The monoisotopic (exact) mass is 252 g/mol. The summed E-state index contributed by atoms with van der Waals surface area (Å²) in [5.74, 6) is 0.0500. The number of amides is 1. The second-order valence-corrected chi connectivity index (χ2v) is 4.61. The number of aliphatic hydroxyl groups excluding tert-OH is 1. The smallest absolute Gasteiger partial charge is 0.257 e. The van der Waals surface area contributed by atoms with Crippen molar-refractivity contribution in [3.8, 4) is 0 Å². The minimum absolute atomic E-state index is 0.0500. The molecule has 0 bridgehead atoms. The van der Waals surface area contributed by atoms with Gasteiger partial charge in [0.15, 0.2) is 0 Å². The summed E-state index contributed by atoms with van der Waals surface area (Å²) in [5, 5.41) is 13.0. The lowest BCUT2D eigenvalue weighted by atomic mass is 10.3. The van der Waals surface area contributed by atoms with E-state index in [2.05, 4.69) is 10.00 Å². The number of β-amino-alcohol motifs (C(OH)–C–C–N with tert-alkyl or cyclic N) is 1. The highest BCUT2D eigenvalue weighted by Crippen LogP contribution is 2.08. The molecule has 18 heavy (non-hydrogen) atoms. The molecule has 1 N–H and O–H groups in total. The van der Waals surface area contributed by atoms with Gasteiger partial charge in [-0.2, -0.15) is 5.10 Å². The minimum Gasteiger partial charge on any atom is -0.395 e. The number of aliphatic hydroxyl groups is 1. The second-order valence-electron chi connectivity index (χ2n) is 4.61. The highest BCUT2D eigenvalue weighted by Gasteiger charge is 2.20.